The van der Waals surface area contributed by atoms with Crippen molar-refractivity contribution in [2.24, 2.45) is 0 Å². The molecule has 0 atom stereocenters. The average Bonchev–Trinajstić information content (AvgIpc) is 2.59. The minimum absolute atomic E-state index is 0.0131. The lowest BCUT2D eigenvalue weighted by Crippen LogP contribution is -3.15. The highest BCUT2D eigenvalue weighted by molar-refractivity contribution is 7.89. The monoisotopic (exact) mass is 422 g/mol. The van der Waals surface area contributed by atoms with Crippen LogP contribution in [0.25, 0.3) is 0 Å². The molecule has 9 heteroatoms. The fourth-order valence-corrected chi connectivity index (χ4v) is 5.61. The summed E-state index contributed by atoms with van der Waals surface area (Å²) < 4.78 is 27.1. The number of carbonyl (C=O) groups excluding carboxylic acids is 1. The third-order valence-corrected chi connectivity index (χ3v) is 7.56. The highest BCUT2D eigenvalue weighted by Crippen LogP contribution is 2.31. The molecule has 1 saturated heterocycles. The Hall–Kier alpha value is -0.860. The SMILES string of the molecule is CCC(CC)NC(=O)C[NH+]1CCN(S(=O)(=O)c2c(Cl)cccc2Cl)CC1. The van der Waals surface area contributed by atoms with E-state index < -0.39 is 10.0 Å². The van der Waals surface area contributed by atoms with Gasteiger partial charge in [-0.25, -0.2) is 8.42 Å². The van der Waals surface area contributed by atoms with Gasteiger partial charge >= 0.3 is 0 Å². The molecular weight excluding hydrogens is 397 g/mol. The number of rotatable bonds is 7. The minimum Gasteiger partial charge on any atom is -0.349 e. The Kier molecular flexibility index (Phi) is 7.73. The number of sulfonamides is 1. The maximum absolute atomic E-state index is 12.8. The summed E-state index contributed by atoms with van der Waals surface area (Å²) in [6.45, 7) is 6.25. The zero-order chi connectivity index (χ0) is 19.3. The van der Waals surface area contributed by atoms with Crippen LogP contribution in [-0.2, 0) is 14.8 Å². The zero-order valence-corrected chi connectivity index (χ0v) is 17.4. The van der Waals surface area contributed by atoms with Crippen LogP contribution in [0.2, 0.25) is 10.0 Å². The number of amides is 1. The molecule has 0 radical (unpaired) electrons. The van der Waals surface area contributed by atoms with Gasteiger partial charge in [0.05, 0.1) is 36.2 Å². The lowest BCUT2D eigenvalue weighted by Gasteiger charge is -2.31. The zero-order valence-electron chi connectivity index (χ0n) is 15.1. The van der Waals surface area contributed by atoms with Crippen LogP contribution in [0.5, 0.6) is 0 Å². The molecule has 2 rings (SSSR count). The highest BCUT2D eigenvalue weighted by Gasteiger charge is 2.33. The molecule has 2 N–H and O–H groups in total. The van der Waals surface area contributed by atoms with Gasteiger partial charge in [-0.15, -0.1) is 0 Å². The maximum Gasteiger partial charge on any atom is 0.275 e. The first kappa shape index (κ1) is 21.4. The molecule has 0 aliphatic carbocycles. The van der Waals surface area contributed by atoms with Gasteiger partial charge in [-0.3, -0.25) is 4.79 Å². The second kappa shape index (κ2) is 9.37. The van der Waals surface area contributed by atoms with E-state index in [0.717, 1.165) is 17.7 Å². The van der Waals surface area contributed by atoms with E-state index in [1.54, 1.807) is 6.07 Å². The molecule has 1 aliphatic heterocycles. The van der Waals surface area contributed by atoms with Crippen LogP contribution in [0.15, 0.2) is 23.1 Å². The molecule has 0 spiro atoms. The molecule has 1 aromatic rings. The number of piperazine rings is 1. The number of nitrogens with one attached hydrogen (secondary N) is 2. The number of carbonyl (C=O) groups is 1. The predicted octanol–water partition coefficient (Wildman–Crippen LogP) is 1.19. The molecule has 1 heterocycles. The molecule has 26 heavy (non-hydrogen) atoms. The Bertz CT molecular complexity index is 711. The van der Waals surface area contributed by atoms with E-state index in [9.17, 15) is 13.2 Å². The molecule has 6 nitrogen and oxygen atoms in total. The van der Waals surface area contributed by atoms with Crippen LogP contribution in [0.3, 0.4) is 0 Å². The van der Waals surface area contributed by atoms with Crippen molar-refractivity contribution in [3.8, 4) is 0 Å². The summed E-state index contributed by atoms with van der Waals surface area (Å²) >= 11 is 12.1. The summed E-state index contributed by atoms with van der Waals surface area (Å²) in [5, 5.41) is 3.26. The largest absolute Gasteiger partial charge is 0.349 e. The number of hydrogen-bond donors (Lipinski definition) is 2. The van der Waals surface area contributed by atoms with Gasteiger partial charge in [0.1, 0.15) is 4.90 Å². The maximum atomic E-state index is 12.8. The van der Waals surface area contributed by atoms with E-state index in [1.165, 1.54) is 16.4 Å². The second-order valence-electron chi connectivity index (χ2n) is 6.46. The summed E-state index contributed by atoms with van der Waals surface area (Å²) in [4.78, 5) is 13.2. The topological polar surface area (TPSA) is 70.9 Å². The van der Waals surface area contributed by atoms with E-state index in [4.69, 9.17) is 23.2 Å². The van der Waals surface area contributed by atoms with Crippen molar-refractivity contribution in [2.45, 2.75) is 37.6 Å². The van der Waals surface area contributed by atoms with Crippen molar-refractivity contribution in [1.29, 1.82) is 0 Å². The van der Waals surface area contributed by atoms with Crippen molar-refractivity contribution in [3.63, 3.8) is 0 Å². The van der Waals surface area contributed by atoms with E-state index >= 15 is 0 Å². The first-order valence-electron chi connectivity index (χ1n) is 8.86. The van der Waals surface area contributed by atoms with Gasteiger partial charge in [0.15, 0.2) is 6.54 Å². The summed E-state index contributed by atoms with van der Waals surface area (Å²) in [5.41, 5.74) is 0. The number of quaternary nitrogens is 1. The lowest BCUT2D eigenvalue weighted by atomic mass is 10.2. The second-order valence-corrected chi connectivity index (χ2v) is 9.15. The fraction of sp³-hybridized carbons (Fsp3) is 0.588. The Morgan fingerprint density at radius 3 is 2.23 bits per heavy atom. The molecule has 0 unspecified atom stereocenters. The van der Waals surface area contributed by atoms with E-state index in [0.29, 0.717) is 32.7 Å². The Labute approximate surface area is 165 Å². The fourth-order valence-electron chi connectivity index (χ4n) is 3.08. The average molecular weight is 423 g/mol. The van der Waals surface area contributed by atoms with E-state index in [1.807, 2.05) is 13.8 Å². The Morgan fingerprint density at radius 2 is 1.73 bits per heavy atom. The third-order valence-electron chi connectivity index (χ3n) is 4.71. The van der Waals surface area contributed by atoms with E-state index in [2.05, 4.69) is 5.32 Å². The number of nitrogens with zero attached hydrogens (tertiary/aromatic N) is 1. The molecule has 1 aliphatic rings. The van der Waals surface area contributed by atoms with Crippen LogP contribution in [0.4, 0.5) is 0 Å². The van der Waals surface area contributed by atoms with Gasteiger partial charge in [-0.2, -0.15) is 4.31 Å². The third kappa shape index (κ3) is 5.10. The molecule has 0 bridgehead atoms. The summed E-state index contributed by atoms with van der Waals surface area (Å²) in [7, 11) is -3.75. The van der Waals surface area contributed by atoms with Crippen LogP contribution in [-0.4, -0.2) is 57.4 Å². The summed E-state index contributed by atoms with van der Waals surface area (Å²) in [6.07, 6.45) is 1.81. The van der Waals surface area contributed by atoms with Gasteiger partial charge in [0.2, 0.25) is 10.0 Å². The van der Waals surface area contributed by atoms with Gasteiger partial charge < -0.3 is 10.2 Å². The van der Waals surface area contributed by atoms with Gasteiger partial charge in [-0.05, 0) is 25.0 Å². The van der Waals surface area contributed by atoms with Crippen molar-refractivity contribution < 1.29 is 18.1 Å². The normalized spacial score (nSPS) is 16.8. The molecule has 1 fully saturated rings. The molecule has 0 aromatic heterocycles. The Morgan fingerprint density at radius 1 is 1.19 bits per heavy atom. The van der Waals surface area contributed by atoms with Crippen LogP contribution in [0.1, 0.15) is 26.7 Å². The Balaban J connectivity index is 1.97. The van der Waals surface area contributed by atoms with Gasteiger partial charge in [-0.1, -0.05) is 43.1 Å². The summed E-state index contributed by atoms with van der Waals surface area (Å²) in [6, 6.07) is 4.85. The standard InChI is InChI=1S/C17H25Cl2N3O3S/c1-3-13(4-2)20-16(23)12-21-8-10-22(11-9-21)26(24,25)17-14(18)6-5-7-15(17)19/h5-7,13H,3-4,8-12H2,1-2H3,(H,20,23)/p+1. The number of halogens is 2. The smallest absolute Gasteiger partial charge is 0.275 e. The lowest BCUT2D eigenvalue weighted by molar-refractivity contribution is -0.895. The van der Waals surface area contributed by atoms with Crippen molar-refractivity contribution in [2.75, 3.05) is 32.7 Å². The minimum atomic E-state index is -3.75. The molecule has 1 aromatic carbocycles. The van der Waals surface area contributed by atoms with Crippen molar-refractivity contribution in [3.05, 3.63) is 28.2 Å². The van der Waals surface area contributed by atoms with Crippen LogP contribution in [0, 0.1) is 0 Å². The number of benzene rings is 1. The van der Waals surface area contributed by atoms with Crippen LogP contribution < -0.4 is 10.2 Å². The predicted molar refractivity (Wildman–Crippen MR) is 103 cm³/mol. The van der Waals surface area contributed by atoms with Crippen molar-refractivity contribution in [1.82, 2.24) is 9.62 Å². The molecular formula is C17H26Cl2N3O3S+. The summed E-state index contributed by atoms with van der Waals surface area (Å²) in [5.74, 6) is 0.0131. The van der Waals surface area contributed by atoms with Crippen molar-refractivity contribution >= 4 is 39.1 Å². The first-order valence-corrected chi connectivity index (χ1v) is 11.1. The highest BCUT2D eigenvalue weighted by atomic mass is 35.5. The number of hydrogen-bond acceptors (Lipinski definition) is 3. The van der Waals surface area contributed by atoms with Gasteiger partial charge in [0, 0.05) is 6.04 Å². The molecule has 1 amide bonds. The quantitative estimate of drug-likeness (QED) is 0.692. The first-order chi connectivity index (χ1) is 12.3. The van der Waals surface area contributed by atoms with Crippen LogP contribution >= 0.6 is 23.2 Å². The van der Waals surface area contributed by atoms with E-state index in [-0.39, 0.29) is 26.9 Å². The van der Waals surface area contributed by atoms with Gasteiger partial charge in [0.25, 0.3) is 5.91 Å². The molecule has 146 valence electrons. The molecule has 0 saturated carbocycles.